The molecular weight excluding hydrogens is 369 g/mol. The van der Waals surface area contributed by atoms with E-state index < -0.39 is 0 Å². The molecule has 2 fully saturated rings. The Hall–Kier alpha value is -2.44. The van der Waals surface area contributed by atoms with Crippen LogP contribution in [0, 0.1) is 5.82 Å². The van der Waals surface area contributed by atoms with Gasteiger partial charge in [-0.15, -0.1) is 0 Å². The second-order valence-electron chi connectivity index (χ2n) is 8.15. The van der Waals surface area contributed by atoms with Gasteiger partial charge < -0.3 is 14.6 Å². The third-order valence-electron chi connectivity index (χ3n) is 6.51. The summed E-state index contributed by atoms with van der Waals surface area (Å²) in [7, 11) is 0. The number of fused-ring (bicyclic) bond motifs is 1. The summed E-state index contributed by atoms with van der Waals surface area (Å²) in [5.74, 6) is -0.370. The monoisotopic (exact) mass is 395 g/mol. The second kappa shape index (κ2) is 7.76. The van der Waals surface area contributed by atoms with Crippen molar-refractivity contribution in [2.75, 3.05) is 19.7 Å². The molecule has 6 heteroatoms. The summed E-state index contributed by atoms with van der Waals surface area (Å²) in [6.45, 7) is 2.68. The molecule has 2 saturated heterocycles. The average Bonchev–Trinajstić information content (AvgIpc) is 3.12. The van der Waals surface area contributed by atoms with E-state index in [2.05, 4.69) is 34.1 Å². The van der Waals surface area contributed by atoms with E-state index in [4.69, 9.17) is 4.74 Å². The van der Waals surface area contributed by atoms with E-state index in [1.807, 2.05) is 12.1 Å². The van der Waals surface area contributed by atoms with Gasteiger partial charge in [0.05, 0.1) is 11.6 Å². The molecule has 2 unspecified atom stereocenters. The number of ether oxygens (including phenoxy) is 1. The van der Waals surface area contributed by atoms with Crippen molar-refractivity contribution in [1.29, 1.82) is 0 Å². The number of halogens is 1. The predicted octanol–water partition coefficient (Wildman–Crippen LogP) is 4.03. The van der Waals surface area contributed by atoms with Crippen molar-refractivity contribution in [2.24, 2.45) is 0 Å². The summed E-state index contributed by atoms with van der Waals surface area (Å²) in [5, 5.41) is 0. The van der Waals surface area contributed by atoms with Crippen LogP contribution in [0.2, 0.25) is 0 Å². The SMILES string of the molecule is O=c1[nH]c2c(F)cccc2n1C1CCN(C2CCOC(c3ccccc3)C2)CC1. The molecule has 5 nitrogen and oxygen atoms in total. The van der Waals surface area contributed by atoms with E-state index in [1.165, 1.54) is 11.6 Å². The molecule has 0 bridgehead atoms. The number of hydrogen-bond donors (Lipinski definition) is 1. The van der Waals surface area contributed by atoms with Crippen LogP contribution >= 0.6 is 0 Å². The Labute approximate surface area is 169 Å². The van der Waals surface area contributed by atoms with Crippen molar-refractivity contribution < 1.29 is 9.13 Å². The number of H-pyrrole nitrogens is 1. The van der Waals surface area contributed by atoms with E-state index in [0.29, 0.717) is 17.1 Å². The summed E-state index contributed by atoms with van der Waals surface area (Å²) in [5.41, 5.74) is 2.02. The molecule has 0 saturated carbocycles. The van der Waals surface area contributed by atoms with E-state index in [1.54, 1.807) is 10.6 Å². The number of aromatic nitrogens is 2. The lowest BCUT2D eigenvalue weighted by Crippen LogP contribution is -2.45. The van der Waals surface area contributed by atoms with E-state index in [-0.39, 0.29) is 23.7 Å². The van der Waals surface area contributed by atoms with Gasteiger partial charge in [0.1, 0.15) is 11.3 Å². The topological polar surface area (TPSA) is 50.3 Å². The van der Waals surface area contributed by atoms with Gasteiger partial charge in [-0.3, -0.25) is 4.57 Å². The molecule has 2 atom stereocenters. The molecule has 0 aliphatic carbocycles. The molecule has 2 aromatic carbocycles. The van der Waals surface area contributed by atoms with E-state index in [0.717, 1.165) is 45.4 Å². The zero-order valence-electron chi connectivity index (χ0n) is 16.4. The first kappa shape index (κ1) is 18.6. The van der Waals surface area contributed by atoms with Crippen LogP contribution in [-0.2, 0) is 4.74 Å². The van der Waals surface area contributed by atoms with Crippen molar-refractivity contribution in [1.82, 2.24) is 14.5 Å². The zero-order chi connectivity index (χ0) is 19.8. The van der Waals surface area contributed by atoms with Crippen molar-refractivity contribution in [3.05, 3.63) is 70.4 Å². The quantitative estimate of drug-likeness (QED) is 0.729. The highest BCUT2D eigenvalue weighted by atomic mass is 19.1. The van der Waals surface area contributed by atoms with Crippen LogP contribution in [0.3, 0.4) is 0 Å². The Bertz CT molecular complexity index is 1040. The number of nitrogens with zero attached hydrogens (tertiary/aromatic N) is 2. The first-order valence-electron chi connectivity index (χ1n) is 10.5. The lowest BCUT2D eigenvalue weighted by atomic mass is 9.94. The zero-order valence-corrected chi connectivity index (χ0v) is 16.4. The molecule has 2 aliphatic heterocycles. The smallest absolute Gasteiger partial charge is 0.326 e. The molecule has 152 valence electrons. The molecule has 0 spiro atoms. The lowest BCUT2D eigenvalue weighted by molar-refractivity contribution is -0.0346. The summed E-state index contributed by atoms with van der Waals surface area (Å²) in [4.78, 5) is 17.7. The van der Waals surface area contributed by atoms with Crippen LogP contribution in [0.5, 0.6) is 0 Å². The highest BCUT2D eigenvalue weighted by molar-refractivity contribution is 5.75. The Balaban J connectivity index is 1.28. The van der Waals surface area contributed by atoms with Crippen LogP contribution in [-0.4, -0.2) is 40.2 Å². The fraction of sp³-hybridized carbons (Fsp3) is 0.435. The van der Waals surface area contributed by atoms with Crippen molar-refractivity contribution in [2.45, 2.75) is 43.9 Å². The first-order valence-corrected chi connectivity index (χ1v) is 10.5. The highest BCUT2D eigenvalue weighted by Gasteiger charge is 2.32. The van der Waals surface area contributed by atoms with Gasteiger partial charge in [-0.05, 0) is 43.4 Å². The largest absolute Gasteiger partial charge is 0.373 e. The number of nitrogens with one attached hydrogen (secondary N) is 1. The number of rotatable bonds is 3. The number of benzene rings is 2. The van der Waals surface area contributed by atoms with Gasteiger partial charge in [-0.1, -0.05) is 36.4 Å². The minimum Gasteiger partial charge on any atom is -0.373 e. The summed E-state index contributed by atoms with van der Waals surface area (Å²) >= 11 is 0. The molecule has 1 aromatic heterocycles. The minimum absolute atomic E-state index is 0.110. The van der Waals surface area contributed by atoms with E-state index in [9.17, 15) is 9.18 Å². The lowest BCUT2D eigenvalue weighted by Gasteiger charge is -2.41. The van der Waals surface area contributed by atoms with E-state index >= 15 is 0 Å². The normalized spacial score (nSPS) is 24.2. The summed E-state index contributed by atoms with van der Waals surface area (Å²) in [6, 6.07) is 15.9. The van der Waals surface area contributed by atoms with Crippen molar-refractivity contribution in [3.8, 4) is 0 Å². The maximum atomic E-state index is 14.0. The molecule has 29 heavy (non-hydrogen) atoms. The predicted molar refractivity (Wildman–Crippen MR) is 111 cm³/mol. The number of hydrogen-bond acceptors (Lipinski definition) is 3. The van der Waals surface area contributed by atoms with Crippen LogP contribution in [0.15, 0.2) is 53.3 Å². The first-order chi connectivity index (χ1) is 14.2. The molecule has 3 aromatic rings. The molecule has 5 rings (SSSR count). The molecule has 1 N–H and O–H groups in total. The van der Waals surface area contributed by atoms with Crippen LogP contribution < -0.4 is 5.69 Å². The Morgan fingerprint density at radius 1 is 0.966 bits per heavy atom. The second-order valence-corrected chi connectivity index (χ2v) is 8.15. The highest BCUT2D eigenvalue weighted by Crippen LogP contribution is 2.33. The van der Waals surface area contributed by atoms with Crippen molar-refractivity contribution in [3.63, 3.8) is 0 Å². The van der Waals surface area contributed by atoms with Gasteiger partial charge >= 0.3 is 5.69 Å². The van der Waals surface area contributed by atoms with Gasteiger partial charge in [0.2, 0.25) is 0 Å². The summed E-state index contributed by atoms with van der Waals surface area (Å²) < 4.78 is 21.8. The maximum absolute atomic E-state index is 14.0. The van der Waals surface area contributed by atoms with Crippen LogP contribution in [0.4, 0.5) is 4.39 Å². The average molecular weight is 395 g/mol. The molecule has 0 radical (unpaired) electrons. The number of imidazole rings is 1. The Kier molecular flexibility index (Phi) is 4.97. The van der Waals surface area contributed by atoms with Crippen LogP contribution in [0.1, 0.15) is 43.4 Å². The molecule has 3 heterocycles. The van der Waals surface area contributed by atoms with Gasteiger partial charge in [0.25, 0.3) is 0 Å². The summed E-state index contributed by atoms with van der Waals surface area (Å²) in [6.07, 6.45) is 4.01. The minimum atomic E-state index is -0.370. The Morgan fingerprint density at radius 3 is 2.55 bits per heavy atom. The molecule has 0 amide bonds. The Morgan fingerprint density at radius 2 is 1.76 bits per heavy atom. The number of piperidine rings is 1. The third-order valence-corrected chi connectivity index (χ3v) is 6.51. The number of likely N-dealkylation sites (tertiary alicyclic amines) is 1. The van der Waals surface area contributed by atoms with Crippen molar-refractivity contribution >= 4 is 11.0 Å². The number of aromatic amines is 1. The number of para-hydroxylation sites is 1. The third kappa shape index (κ3) is 3.51. The van der Waals surface area contributed by atoms with Crippen LogP contribution in [0.25, 0.3) is 11.0 Å². The van der Waals surface area contributed by atoms with Gasteiger partial charge in [0.15, 0.2) is 0 Å². The standard InChI is InChI=1S/C23H26FN3O2/c24-19-7-4-8-20-22(19)25-23(28)27(20)17-9-12-26(13-10-17)18-11-14-29-21(15-18)16-5-2-1-3-6-16/h1-8,17-18,21H,9-15H2,(H,25,28). The van der Waals surface area contributed by atoms with Gasteiger partial charge in [-0.25, -0.2) is 9.18 Å². The molecule has 2 aliphatic rings. The molecular formula is C23H26FN3O2. The fourth-order valence-electron chi connectivity index (χ4n) is 5.00. The van der Waals surface area contributed by atoms with Gasteiger partial charge in [-0.2, -0.15) is 0 Å². The fourth-order valence-corrected chi connectivity index (χ4v) is 5.00. The van der Waals surface area contributed by atoms with Gasteiger partial charge in [0, 0.05) is 31.8 Å². The maximum Gasteiger partial charge on any atom is 0.326 e.